The van der Waals surface area contributed by atoms with Gasteiger partial charge in [0.1, 0.15) is 24.2 Å². The highest BCUT2D eigenvalue weighted by molar-refractivity contribution is 6.47. The Kier molecular flexibility index (Phi) is 16.8. The van der Waals surface area contributed by atoms with Crippen LogP contribution < -0.4 is 43.8 Å². The van der Waals surface area contributed by atoms with Crippen molar-refractivity contribution < 1.29 is 38.4 Å². The summed E-state index contributed by atoms with van der Waals surface area (Å²) in [6, 6.07) is 8.39. The number of aliphatic hydroxyl groups is 1. The highest BCUT2D eigenvalue weighted by Crippen LogP contribution is 2.65. The summed E-state index contributed by atoms with van der Waals surface area (Å²) in [5.74, 6) is -2.94. The minimum absolute atomic E-state index is 0.0111. The van der Waals surface area contributed by atoms with Crippen molar-refractivity contribution in [3.8, 4) is 11.1 Å². The Bertz CT molecular complexity index is 1930. The van der Waals surface area contributed by atoms with Gasteiger partial charge in [0, 0.05) is 5.69 Å². The Hall–Kier alpha value is -4.55. The Morgan fingerprint density at radius 2 is 1.46 bits per heavy atom. The number of nitrogens with two attached hydrogens (primary N) is 3. The van der Waals surface area contributed by atoms with Gasteiger partial charge in [-0.1, -0.05) is 57.5 Å². The van der Waals surface area contributed by atoms with Gasteiger partial charge in [-0.3, -0.25) is 24.0 Å². The number of nitrogen functional groups attached to an aromatic ring is 1. The van der Waals surface area contributed by atoms with Gasteiger partial charge in [-0.2, -0.15) is 0 Å². The molecule has 10 atom stereocenters. The zero-order valence-corrected chi connectivity index (χ0v) is 38.1. The van der Waals surface area contributed by atoms with Crippen LogP contribution >= 0.6 is 0 Å². The molecule has 1 aliphatic heterocycles. The fraction of sp³-hybridized carbons (Fsp3) is 0.630. The molecule has 63 heavy (non-hydrogen) atoms. The van der Waals surface area contributed by atoms with E-state index in [1.165, 1.54) is 19.4 Å². The topological polar surface area (TPSA) is 262 Å². The summed E-state index contributed by atoms with van der Waals surface area (Å²) in [4.78, 5) is 67.8. The number of aryl methyl sites for hydroxylation is 1. The van der Waals surface area contributed by atoms with Crippen LogP contribution in [-0.2, 0) is 34.9 Å². The lowest BCUT2D eigenvalue weighted by Gasteiger charge is -2.64. The van der Waals surface area contributed by atoms with Gasteiger partial charge in [-0.05, 0) is 138 Å². The van der Waals surface area contributed by atoms with Crippen molar-refractivity contribution in [2.75, 3.05) is 18.8 Å². The quantitative estimate of drug-likeness (QED) is 0.0472. The maximum Gasteiger partial charge on any atom is 0.481 e. The number of amides is 5. The summed E-state index contributed by atoms with van der Waals surface area (Å²) >= 11 is 0. The summed E-state index contributed by atoms with van der Waals surface area (Å²) in [5, 5.41) is 24.1. The number of nitrogens with one attached hydrogen (secondary N) is 5. The average Bonchev–Trinajstić information content (AvgIpc) is 3.61. The second-order valence-corrected chi connectivity index (χ2v) is 18.6. The zero-order valence-electron chi connectivity index (χ0n) is 38.1. The van der Waals surface area contributed by atoms with E-state index in [1.54, 1.807) is 18.2 Å². The second-order valence-electron chi connectivity index (χ2n) is 18.6. The van der Waals surface area contributed by atoms with E-state index in [4.69, 9.17) is 26.5 Å². The molecule has 0 unspecified atom stereocenters. The van der Waals surface area contributed by atoms with Crippen molar-refractivity contribution >= 4 is 42.3 Å². The number of rotatable bonds is 22. The normalized spacial score (nSPS) is 23.7. The minimum atomic E-state index is -1.51. The van der Waals surface area contributed by atoms with Crippen molar-refractivity contribution in [3.63, 3.8) is 0 Å². The fourth-order valence-electron chi connectivity index (χ4n) is 9.46. The maximum absolute atomic E-state index is 13.7. The lowest BCUT2D eigenvalue weighted by molar-refractivity contribution is -0.199. The number of carbonyl (C=O) groups is 5. The number of carbonyl (C=O) groups excluding carboxylic acids is 5. The van der Waals surface area contributed by atoms with Gasteiger partial charge < -0.3 is 58.2 Å². The maximum atomic E-state index is 13.7. The van der Waals surface area contributed by atoms with Crippen LogP contribution in [0.5, 0.6) is 0 Å². The molecule has 1 heterocycles. The number of anilines is 1. The van der Waals surface area contributed by atoms with E-state index < -0.39 is 78.5 Å². The van der Waals surface area contributed by atoms with Crippen molar-refractivity contribution in [2.24, 2.45) is 28.7 Å². The summed E-state index contributed by atoms with van der Waals surface area (Å²) in [6.07, 6.45) is 5.25. The average molecular weight is 875 g/mol. The highest BCUT2D eigenvalue weighted by Gasteiger charge is 2.68. The SMILES string of the molecule is CCCCc1ccc(-c2ccc(C(=O)N[C@@H](CCN)C(=O)N[C@H](C(=O)N[C@@H](C)C(=O)N[C@@H](CCCCN)C(=O)N[C@@H](C)B3O[C@@H]4C[C@@H]5C[C@@H](C5(C)C)[C@]4(C)O3)[C@@H](C)O)c(N)c2)cc1. The summed E-state index contributed by atoms with van der Waals surface area (Å²) in [6.45, 7) is 13.8. The first-order chi connectivity index (χ1) is 29.8. The Morgan fingerprint density at radius 1 is 0.794 bits per heavy atom. The van der Waals surface area contributed by atoms with Crippen LogP contribution in [0.3, 0.4) is 0 Å². The predicted octanol–water partition coefficient (Wildman–Crippen LogP) is 2.48. The van der Waals surface area contributed by atoms with Gasteiger partial charge in [-0.25, -0.2) is 0 Å². The van der Waals surface area contributed by atoms with Crippen LogP contribution in [0.25, 0.3) is 11.1 Å². The third-order valence-electron chi connectivity index (χ3n) is 13.6. The van der Waals surface area contributed by atoms with E-state index in [2.05, 4.69) is 66.4 Å². The molecule has 12 N–H and O–H groups in total. The molecule has 17 heteroatoms. The monoisotopic (exact) mass is 875 g/mol. The molecule has 4 fully saturated rings. The van der Waals surface area contributed by atoms with Gasteiger partial charge in [0.05, 0.1) is 29.3 Å². The Morgan fingerprint density at radius 3 is 2.08 bits per heavy atom. The standard InChI is InChI=1S/C46H71BN8O8/c1-8-9-12-29-14-16-30(17-15-29)31-18-19-33(34(50)23-31)41(58)54-36(20-22-49)43(60)55-39(27(3)56)44(61)51-26(2)40(57)53-35(13-10-11-21-48)42(59)52-28(4)47-62-38-25-32-24-37(45(32,5)6)46(38,7)63-47/h14-19,23,26-28,32,35-39,56H,8-13,20-22,24-25,48-50H2,1-7H3,(H,51,61)(H,52,59)(H,53,57)(H,54,58)(H,55,60)/t26-,27+,28-,32-,35-,36-,37-,38+,39-,46-/m0/s1. The third-order valence-corrected chi connectivity index (χ3v) is 13.6. The summed E-state index contributed by atoms with van der Waals surface area (Å²) in [5.41, 5.74) is 20.9. The highest BCUT2D eigenvalue weighted by atomic mass is 16.7. The van der Waals surface area contributed by atoms with E-state index >= 15 is 0 Å². The fourth-order valence-corrected chi connectivity index (χ4v) is 9.46. The molecule has 16 nitrogen and oxygen atoms in total. The number of benzene rings is 2. The first-order valence-electron chi connectivity index (χ1n) is 22.8. The number of hydrogen-bond donors (Lipinski definition) is 9. The van der Waals surface area contributed by atoms with Crippen LogP contribution in [0.4, 0.5) is 5.69 Å². The van der Waals surface area contributed by atoms with E-state index in [9.17, 15) is 29.1 Å². The van der Waals surface area contributed by atoms with E-state index in [-0.39, 0.29) is 42.2 Å². The molecule has 1 saturated heterocycles. The first kappa shape index (κ1) is 49.5. The van der Waals surface area contributed by atoms with E-state index in [0.29, 0.717) is 31.2 Å². The van der Waals surface area contributed by atoms with Gasteiger partial charge in [-0.15, -0.1) is 0 Å². The number of hydrogen-bond acceptors (Lipinski definition) is 11. The molecule has 2 aromatic rings. The molecule has 2 bridgehead atoms. The van der Waals surface area contributed by atoms with Crippen molar-refractivity contribution in [3.05, 3.63) is 53.6 Å². The summed E-state index contributed by atoms with van der Waals surface area (Å²) in [7, 11) is -0.656. The molecule has 3 saturated carbocycles. The van der Waals surface area contributed by atoms with E-state index in [0.717, 1.165) is 43.2 Å². The van der Waals surface area contributed by atoms with Crippen LogP contribution in [0, 0.1) is 17.3 Å². The van der Waals surface area contributed by atoms with Crippen LogP contribution in [0.2, 0.25) is 0 Å². The zero-order chi connectivity index (χ0) is 46.2. The Labute approximate surface area is 372 Å². The number of unbranched alkanes of at least 4 members (excludes halogenated alkanes) is 2. The molecule has 4 aliphatic rings. The van der Waals surface area contributed by atoms with Gasteiger partial charge in [0.2, 0.25) is 23.6 Å². The van der Waals surface area contributed by atoms with Crippen LogP contribution in [-0.4, -0.2) is 103 Å². The van der Waals surface area contributed by atoms with Gasteiger partial charge in [0.15, 0.2) is 0 Å². The van der Waals surface area contributed by atoms with Crippen molar-refractivity contribution in [1.82, 2.24) is 26.6 Å². The molecule has 6 rings (SSSR count). The summed E-state index contributed by atoms with van der Waals surface area (Å²) < 4.78 is 12.9. The molecule has 2 aromatic carbocycles. The molecule has 346 valence electrons. The lowest BCUT2D eigenvalue weighted by atomic mass is 9.43. The third kappa shape index (κ3) is 11.6. The largest absolute Gasteiger partial charge is 0.481 e. The molecule has 0 aromatic heterocycles. The molecule has 0 spiro atoms. The van der Waals surface area contributed by atoms with Crippen LogP contribution in [0.15, 0.2) is 42.5 Å². The molecular formula is C46H71BN8O8. The van der Waals surface area contributed by atoms with E-state index in [1.807, 2.05) is 19.1 Å². The smallest absolute Gasteiger partial charge is 0.404 e. The molecule has 3 aliphatic carbocycles. The lowest BCUT2D eigenvalue weighted by Crippen LogP contribution is -2.65. The van der Waals surface area contributed by atoms with Crippen molar-refractivity contribution in [1.29, 1.82) is 0 Å². The van der Waals surface area contributed by atoms with Crippen LogP contribution in [0.1, 0.15) is 116 Å². The second kappa shape index (κ2) is 21.4. The Balaban J connectivity index is 1.16. The minimum Gasteiger partial charge on any atom is -0.404 e. The van der Waals surface area contributed by atoms with Gasteiger partial charge >= 0.3 is 7.12 Å². The first-order valence-corrected chi connectivity index (χ1v) is 22.8. The molecule has 0 radical (unpaired) electrons. The van der Waals surface area contributed by atoms with Crippen molar-refractivity contribution in [2.45, 2.75) is 154 Å². The molecular weight excluding hydrogens is 803 g/mol. The predicted molar refractivity (Wildman–Crippen MR) is 244 cm³/mol. The van der Waals surface area contributed by atoms with Gasteiger partial charge in [0.25, 0.3) is 5.91 Å². The molecule has 5 amide bonds. The number of aliphatic hydroxyl groups excluding tert-OH is 1.